The van der Waals surface area contributed by atoms with E-state index in [0.29, 0.717) is 42.3 Å². The van der Waals surface area contributed by atoms with Gasteiger partial charge >= 0.3 is 0 Å². The minimum atomic E-state index is -0.273. The van der Waals surface area contributed by atoms with Crippen molar-refractivity contribution in [3.8, 4) is 0 Å². The van der Waals surface area contributed by atoms with Gasteiger partial charge in [-0.15, -0.1) is 0 Å². The molecule has 6 nitrogen and oxygen atoms in total. The third-order valence-electron chi connectivity index (χ3n) is 6.49. The van der Waals surface area contributed by atoms with Gasteiger partial charge in [0.2, 0.25) is 5.91 Å². The van der Waals surface area contributed by atoms with Crippen LogP contribution in [-0.4, -0.2) is 39.8 Å². The van der Waals surface area contributed by atoms with Crippen LogP contribution in [0.5, 0.6) is 0 Å². The van der Waals surface area contributed by atoms with E-state index in [1.54, 1.807) is 23.1 Å². The zero-order valence-corrected chi connectivity index (χ0v) is 18.5. The van der Waals surface area contributed by atoms with E-state index in [9.17, 15) is 14.0 Å². The summed E-state index contributed by atoms with van der Waals surface area (Å²) in [4.78, 5) is 38.9. The maximum atomic E-state index is 14.1. The Bertz CT molecular complexity index is 1210. The maximum Gasteiger partial charge on any atom is 0.254 e. The molecule has 0 spiro atoms. The number of fused-ring (bicyclic) bond motifs is 1. The molecule has 0 saturated carbocycles. The number of carbonyl (C=O) groups excluding carboxylic acids is 2. The van der Waals surface area contributed by atoms with Crippen molar-refractivity contribution in [2.24, 2.45) is 0 Å². The van der Waals surface area contributed by atoms with Crippen LogP contribution in [-0.2, 0) is 17.6 Å². The quantitative estimate of drug-likeness (QED) is 0.596. The monoisotopic (exact) mass is 444 g/mol. The van der Waals surface area contributed by atoms with Crippen LogP contribution in [0.4, 0.5) is 10.2 Å². The molecular weight excluding hydrogens is 419 g/mol. The first-order valence-corrected chi connectivity index (χ1v) is 11.3. The molecule has 2 aliphatic rings. The molecule has 1 fully saturated rings. The van der Waals surface area contributed by atoms with Crippen molar-refractivity contribution in [1.82, 2.24) is 14.9 Å². The van der Waals surface area contributed by atoms with Gasteiger partial charge in [0.25, 0.3) is 5.91 Å². The summed E-state index contributed by atoms with van der Waals surface area (Å²) in [6, 6.07) is 15.6. The van der Waals surface area contributed by atoms with Crippen LogP contribution in [0.25, 0.3) is 0 Å². The van der Waals surface area contributed by atoms with E-state index in [4.69, 9.17) is 9.97 Å². The van der Waals surface area contributed by atoms with Crippen molar-refractivity contribution in [1.29, 1.82) is 0 Å². The number of rotatable bonds is 5. The molecule has 0 aliphatic carbocycles. The molecule has 3 aromatic rings. The fourth-order valence-electron chi connectivity index (χ4n) is 4.73. The van der Waals surface area contributed by atoms with Gasteiger partial charge in [0, 0.05) is 29.9 Å². The van der Waals surface area contributed by atoms with Crippen LogP contribution < -0.4 is 4.90 Å². The Morgan fingerprint density at radius 1 is 1.09 bits per heavy atom. The highest BCUT2D eigenvalue weighted by molar-refractivity contribution is 6.00. The summed E-state index contributed by atoms with van der Waals surface area (Å²) in [5, 5.41) is 0. The molecule has 2 aromatic carbocycles. The lowest BCUT2D eigenvalue weighted by Crippen LogP contribution is -2.32. The minimum absolute atomic E-state index is 0.0349. The first-order chi connectivity index (χ1) is 16.0. The van der Waals surface area contributed by atoms with Crippen LogP contribution in [0, 0.1) is 12.7 Å². The summed E-state index contributed by atoms with van der Waals surface area (Å²) in [5.74, 6) is 0.799. The second kappa shape index (κ2) is 8.73. The topological polar surface area (TPSA) is 66.4 Å². The summed E-state index contributed by atoms with van der Waals surface area (Å²) in [5.41, 5.74) is 2.79. The molecule has 0 N–H and O–H groups in total. The van der Waals surface area contributed by atoms with Crippen molar-refractivity contribution in [3.63, 3.8) is 0 Å². The van der Waals surface area contributed by atoms with Crippen LogP contribution in [0.2, 0.25) is 0 Å². The zero-order valence-electron chi connectivity index (χ0n) is 18.5. The summed E-state index contributed by atoms with van der Waals surface area (Å²) >= 11 is 0. The van der Waals surface area contributed by atoms with Crippen molar-refractivity contribution in [3.05, 3.63) is 88.6 Å². The predicted octanol–water partition coefficient (Wildman–Crippen LogP) is 4.03. The third-order valence-corrected chi connectivity index (χ3v) is 6.49. The highest BCUT2D eigenvalue weighted by Gasteiger charge is 2.36. The molecule has 3 heterocycles. The van der Waals surface area contributed by atoms with E-state index < -0.39 is 0 Å². The van der Waals surface area contributed by atoms with E-state index in [1.165, 1.54) is 6.07 Å². The average Bonchev–Trinajstić information content (AvgIpc) is 3.43. The van der Waals surface area contributed by atoms with E-state index in [1.807, 2.05) is 42.2 Å². The normalized spacial score (nSPS) is 17.5. The van der Waals surface area contributed by atoms with Gasteiger partial charge in [-0.3, -0.25) is 14.5 Å². The van der Waals surface area contributed by atoms with Crippen molar-refractivity contribution in [2.45, 2.75) is 38.6 Å². The summed E-state index contributed by atoms with van der Waals surface area (Å²) in [6.07, 6.45) is 2.30. The van der Waals surface area contributed by atoms with Crippen molar-refractivity contribution in [2.75, 3.05) is 18.0 Å². The number of benzene rings is 2. The predicted molar refractivity (Wildman–Crippen MR) is 122 cm³/mol. The highest BCUT2D eigenvalue weighted by atomic mass is 19.1. The minimum Gasteiger partial charge on any atom is -0.328 e. The molecule has 1 aromatic heterocycles. The Hall–Kier alpha value is -3.61. The van der Waals surface area contributed by atoms with Gasteiger partial charge in [-0.1, -0.05) is 36.4 Å². The van der Waals surface area contributed by atoms with Gasteiger partial charge in [0.15, 0.2) is 5.82 Å². The third kappa shape index (κ3) is 3.99. The Kier molecular flexibility index (Phi) is 5.62. The molecule has 1 atom stereocenters. The Balaban J connectivity index is 1.43. The molecule has 168 valence electrons. The highest BCUT2D eigenvalue weighted by Crippen LogP contribution is 2.35. The van der Waals surface area contributed by atoms with E-state index >= 15 is 0 Å². The van der Waals surface area contributed by atoms with Gasteiger partial charge in [0.05, 0.1) is 12.5 Å². The van der Waals surface area contributed by atoms with Crippen LogP contribution >= 0.6 is 0 Å². The van der Waals surface area contributed by atoms with E-state index in [0.717, 1.165) is 24.1 Å². The van der Waals surface area contributed by atoms with Crippen LogP contribution in [0.3, 0.4) is 0 Å². The number of nitrogens with zero attached hydrogens (tertiary/aromatic N) is 4. The second-order valence-electron chi connectivity index (χ2n) is 8.56. The lowest BCUT2D eigenvalue weighted by molar-refractivity contribution is -0.117. The van der Waals surface area contributed by atoms with E-state index in [-0.39, 0.29) is 30.1 Å². The van der Waals surface area contributed by atoms with Gasteiger partial charge in [-0.05, 0) is 49.9 Å². The Morgan fingerprint density at radius 2 is 1.85 bits per heavy atom. The molecule has 33 heavy (non-hydrogen) atoms. The molecule has 1 saturated heterocycles. The first-order valence-electron chi connectivity index (χ1n) is 11.3. The molecule has 2 aliphatic heterocycles. The fourth-order valence-corrected chi connectivity index (χ4v) is 4.73. The molecule has 2 amide bonds. The molecule has 7 heteroatoms. The van der Waals surface area contributed by atoms with Crippen molar-refractivity contribution < 1.29 is 14.0 Å². The first kappa shape index (κ1) is 21.2. The summed E-state index contributed by atoms with van der Waals surface area (Å²) < 4.78 is 14.1. The number of anilines is 1. The number of hydrogen-bond donors (Lipinski definition) is 0. The second-order valence-corrected chi connectivity index (χ2v) is 8.56. The largest absolute Gasteiger partial charge is 0.328 e. The lowest BCUT2D eigenvalue weighted by atomic mass is 10.1. The number of hydrogen-bond acceptors (Lipinski definition) is 4. The smallest absolute Gasteiger partial charge is 0.254 e. The number of carbonyl (C=O) groups is 2. The number of aromatic nitrogens is 2. The molecule has 0 unspecified atom stereocenters. The van der Waals surface area contributed by atoms with E-state index in [2.05, 4.69) is 0 Å². The van der Waals surface area contributed by atoms with Gasteiger partial charge in [-0.25, -0.2) is 14.4 Å². The lowest BCUT2D eigenvalue weighted by Gasteiger charge is -2.25. The van der Waals surface area contributed by atoms with Gasteiger partial charge in [-0.2, -0.15) is 0 Å². The number of amides is 2. The van der Waals surface area contributed by atoms with Crippen LogP contribution in [0.1, 0.15) is 51.9 Å². The number of aryl methyl sites for hydroxylation is 1. The average molecular weight is 445 g/mol. The summed E-state index contributed by atoms with van der Waals surface area (Å²) in [6.45, 7) is 2.88. The standard InChI is InChI=1S/C26H25FN4O2/c1-17-20-16-23(32)31(15-13-18-8-5-6-11-21(18)27)25(20)29-24(28-17)22-12-7-14-30(22)26(33)19-9-3-2-4-10-19/h2-6,8-11,22H,7,12-16H2,1H3/t22-/m0/s1. The van der Waals surface area contributed by atoms with Crippen molar-refractivity contribution >= 4 is 17.6 Å². The van der Waals surface area contributed by atoms with Crippen LogP contribution in [0.15, 0.2) is 54.6 Å². The van der Waals surface area contributed by atoms with Gasteiger partial charge < -0.3 is 4.90 Å². The molecule has 0 bridgehead atoms. The van der Waals surface area contributed by atoms with Gasteiger partial charge in [0.1, 0.15) is 11.6 Å². The number of halogens is 1. The SMILES string of the molecule is Cc1nc([C@@H]2CCCN2C(=O)c2ccccc2)nc2c1CC(=O)N2CCc1ccccc1F. The molecular formula is C26H25FN4O2. The zero-order chi connectivity index (χ0) is 22.9. The molecule has 0 radical (unpaired) electrons. The Labute approximate surface area is 192 Å². The number of likely N-dealkylation sites (tertiary alicyclic amines) is 1. The summed E-state index contributed by atoms with van der Waals surface area (Å²) in [7, 11) is 0. The Morgan fingerprint density at radius 3 is 2.64 bits per heavy atom. The molecule has 5 rings (SSSR count). The maximum absolute atomic E-state index is 14.1. The fraction of sp³-hybridized carbons (Fsp3) is 0.308.